The molecule has 0 aliphatic rings. The molecule has 0 aliphatic carbocycles. The summed E-state index contributed by atoms with van der Waals surface area (Å²) in [6, 6.07) is 0. The summed E-state index contributed by atoms with van der Waals surface area (Å²) in [5.41, 5.74) is 23.9. The summed E-state index contributed by atoms with van der Waals surface area (Å²) in [7, 11) is 0. The van der Waals surface area contributed by atoms with Crippen LogP contribution in [0.15, 0.2) is 20.0 Å². The highest BCUT2D eigenvalue weighted by Gasteiger charge is 2.06. The van der Waals surface area contributed by atoms with E-state index < -0.39 is 0 Å². The number of aliphatic imine (C=N–C) groups is 4. The monoisotopic (exact) mass is 492 g/mol. The van der Waals surface area contributed by atoms with Gasteiger partial charge in [0.05, 0.1) is 0 Å². The van der Waals surface area contributed by atoms with Crippen LogP contribution in [0.3, 0.4) is 0 Å². The molecule has 0 heterocycles. The number of hydrogen-bond donors (Lipinski definition) is 4. The molecule has 0 saturated heterocycles. The summed E-state index contributed by atoms with van der Waals surface area (Å²) >= 11 is 0. The van der Waals surface area contributed by atoms with Crippen LogP contribution in [0.5, 0.6) is 0 Å². The molecular weight excluding hydrogens is 436 g/mol. The summed E-state index contributed by atoms with van der Waals surface area (Å²) in [4.78, 5) is 17.4. The Bertz CT molecular complexity index is 585. The fraction of sp³-hybridized carbons (Fsp3) is 0.852. The molecule has 0 aromatic heterocycles. The van der Waals surface area contributed by atoms with Crippen molar-refractivity contribution in [2.75, 3.05) is 13.1 Å². The lowest BCUT2D eigenvalue weighted by Gasteiger charge is -2.11. The van der Waals surface area contributed by atoms with Gasteiger partial charge in [0.25, 0.3) is 0 Å². The van der Waals surface area contributed by atoms with Crippen LogP contribution in [0.4, 0.5) is 0 Å². The van der Waals surface area contributed by atoms with E-state index in [1.54, 1.807) is 0 Å². The average molecular weight is 493 g/mol. The first-order valence-corrected chi connectivity index (χ1v) is 14.1. The predicted octanol–water partition coefficient (Wildman–Crippen LogP) is 5.49. The van der Waals surface area contributed by atoms with Crippen molar-refractivity contribution in [2.45, 2.75) is 124 Å². The normalized spacial score (nSPS) is 15.4. The Morgan fingerprint density at radius 1 is 0.543 bits per heavy atom. The quantitative estimate of drug-likeness (QED) is 0.101. The number of nitrogens with zero attached hydrogens (tertiary/aromatic N) is 4. The molecule has 2 atom stereocenters. The zero-order valence-corrected chi connectivity index (χ0v) is 23.3. The molecule has 8 N–H and O–H groups in total. The van der Waals surface area contributed by atoms with Crippen LogP contribution in [0, 0.1) is 11.8 Å². The third-order valence-corrected chi connectivity index (χ3v) is 6.49. The number of unbranched alkanes of at least 4 members (excludes halogenated alkanes) is 6. The molecule has 2 unspecified atom stereocenters. The molecule has 0 aliphatic heterocycles. The largest absolute Gasteiger partial charge is 0.387 e. The maximum Gasteiger partial charge on any atom is 0.216 e. The highest BCUT2D eigenvalue weighted by Crippen LogP contribution is 2.14. The van der Waals surface area contributed by atoms with Crippen molar-refractivity contribution in [1.29, 1.82) is 0 Å². The fourth-order valence-corrected chi connectivity index (χ4v) is 3.90. The molecule has 0 saturated carbocycles. The Hall–Kier alpha value is -2.12. The SMILES string of the molecule is CCCCC(CC)CN=C(N)N=C(N)CCCCCCCC(N)=NC(N)=NCC(CC)CCCC. The third kappa shape index (κ3) is 19.8. The second-order valence-electron chi connectivity index (χ2n) is 9.70. The first kappa shape index (κ1) is 32.9. The lowest BCUT2D eigenvalue weighted by Crippen LogP contribution is -2.20. The van der Waals surface area contributed by atoms with Gasteiger partial charge >= 0.3 is 0 Å². The van der Waals surface area contributed by atoms with Gasteiger partial charge in [-0.15, -0.1) is 0 Å². The predicted molar refractivity (Wildman–Crippen MR) is 155 cm³/mol. The Labute approximate surface area is 215 Å². The lowest BCUT2D eigenvalue weighted by molar-refractivity contribution is 0.462. The maximum atomic E-state index is 6.03. The van der Waals surface area contributed by atoms with Crippen LogP contribution in [0.25, 0.3) is 0 Å². The molecule has 8 heteroatoms. The van der Waals surface area contributed by atoms with Gasteiger partial charge < -0.3 is 22.9 Å². The third-order valence-electron chi connectivity index (χ3n) is 6.49. The van der Waals surface area contributed by atoms with E-state index >= 15 is 0 Å². The Kier molecular flexibility index (Phi) is 21.0. The molecule has 8 nitrogen and oxygen atoms in total. The zero-order chi connectivity index (χ0) is 26.3. The first-order chi connectivity index (χ1) is 16.9. The molecule has 204 valence electrons. The summed E-state index contributed by atoms with van der Waals surface area (Å²) in [6.07, 6.45) is 16.3. The highest BCUT2D eigenvalue weighted by atomic mass is 15.1. The van der Waals surface area contributed by atoms with Crippen molar-refractivity contribution >= 4 is 23.6 Å². The second-order valence-corrected chi connectivity index (χ2v) is 9.70. The second kappa shape index (κ2) is 22.4. The minimum atomic E-state index is 0.307. The van der Waals surface area contributed by atoms with Gasteiger partial charge in [0.2, 0.25) is 11.9 Å². The van der Waals surface area contributed by atoms with Gasteiger partial charge in [0.1, 0.15) is 11.7 Å². The van der Waals surface area contributed by atoms with Crippen LogP contribution in [-0.2, 0) is 0 Å². The van der Waals surface area contributed by atoms with Crippen LogP contribution in [0.2, 0.25) is 0 Å². The van der Waals surface area contributed by atoms with Crippen molar-refractivity contribution in [3.63, 3.8) is 0 Å². The molecule has 0 spiro atoms. The summed E-state index contributed by atoms with van der Waals surface area (Å²) in [5.74, 6) is 2.91. The van der Waals surface area contributed by atoms with E-state index in [0.717, 1.165) is 70.9 Å². The van der Waals surface area contributed by atoms with E-state index in [1.807, 2.05) is 0 Å². The Morgan fingerprint density at radius 2 is 0.914 bits per heavy atom. The molecule has 0 bridgehead atoms. The summed E-state index contributed by atoms with van der Waals surface area (Å²) in [6.45, 7) is 10.3. The van der Waals surface area contributed by atoms with E-state index in [9.17, 15) is 0 Å². The minimum Gasteiger partial charge on any atom is -0.387 e. The number of hydrogen-bond acceptors (Lipinski definition) is 2. The molecule has 0 fully saturated rings. The standard InChI is InChI=1S/C27H56N8/c1-5-9-16-22(7-3)20-32-26(30)34-24(28)18-14-12-11-13-15-19-25(29)35-27(31)33-21-23(8-4)17-10-6-2/h22-23H,5-21H2,1-4H3,(H4,28,30,32,34)(H4,29,31,33,35). The topological polar surface area (TPSA) is 154 Å². The fourth-order valence-electron chi connectivity index (χ4n) is 3.90. The molecule has 35 heavy (non-hydrogen) atoms. The van der Waals surface area contributed by atoms with Crippen molar-refractivity contribution in [3.8, 4) is 0 Å². The maximum absolute atomic E-state index is 6.03. The number of nitrogens with two attached hydrogens (primary N) is 4. The van der Waals surface area contributed by atoms with E-state index in [4.69, 9.17) is 22.9 Å². The van der Waals surface area contributed by atoms with E-state index in [0.29, 0.717) is 35.4 Å². The average Bonchev–Trinajstić information content (AvgIpc) is 2.83. The van der Waals surface area contributed by atoms with Crippen LogP contribution < -0.4 is 22.9 Å². The first-order valence-electron chi connectivity index (χ1n) is 14.1. The van der Waals surface area contributed by atoms with Gasteiger partial charge in [-0.3, -0.25) is 9.98 Å². The number of rotatable bonds is 20. The summed E-state index contributed by atoms with van der Waals surface area (Å²) in [5, 5.41) is 0. The minimum absolute atomic E-state index is 0.307. The van der Waals surface area contributed by atoms with E-state index in [2.05, 4.69) is 47.7 Å². The molecule has 0 amide bonds. The molecular formula is C27H56N8. The van der Waals surface area contributed by atoms with Gasteiger partial charge in [-0.1, -0.05) is 85.5 Å². The number of guanidine groups is 2. The molecule has 0 radical (unpaired) electrons. The van der Waals surface area contributed by atoms with Crippen molar-refractivity contribution in [3.05, 3.63) is 0 Å². The smallest absolute Gasteiger partial charge is 0.216 e. The Balaban J connectivity index is 4.09. The van der Waals surface area contributed by atoms with Gasteiger partial charge in [0.15, 0.2) is 0 Å². The van der Waals surface area contributed by atoms with Crippen molar-refractivity contribution < 1.29 is 0 Å². The molecule has 0 rings (SSSR count). The van der Waals surface area contributed by atoms with Crippen molar-refractivity contribution in [1.82, 2.24) is 0 Å². The van der Waals surface area contributed by atoms with Gasteiger partial charge in [0, 0.05) is 25.9 Å². The van der Waals surface area contributed by atoms with Gasteiger partial charge in [-0.25, -0.2) is 9.98 Å². The molecule has 0 aromatic rings. The van der Waals surface area contributed by atoms with E-state index in [1.165, 1.54) is 38.5 Å². The Morgan fingerprint density at radius 3 is 1.26 bits per heavy atom. The highest BCUT2D eigenvalue weighted by molar-refractivity contribution is 5.94. The molecule has 0 aromatic carbocycles. The zero-order valence-electron chi connectivity index (χ0n) is 23.3. The van der Waals surface area contributed by atoms with Crippen molar-refractivity contribution in [2.24, 2.45) is 54.7 Å². The van der Waals surface area contributed by atoms with Gasteiger partial charge in [-0.05, 0) is 37.5 Å². The lowest BCUT2D eigenvalue weighted by atomic mass is 10.00. The van der Waals surface area contributed by atoms with Gasteiger partial charge in [-0.2, -0.15) is 0 Å². The van der Waals surface area contributed by atoms with Crippen LogP contribution in [-0.4, -0.2) is 36.7 Å². The summed E-state index contributed by atoms with van der Waals surface area (Å²) < 4.78 is 0. The van der Waals surface area contributed by atoms with Crippen LogP contribution >= 0.6 is 0 Å². The van der Waals surface area contributed by atoms with E-state index in [-0.39, 0.29) is 0 Å². The number of amidine groups is 2. The van der Waals surface area contributed by atoms with Crippen LogP contribution in [0.1, 0.15) is 124 Å².